The number of carbonyl (C=O) groups is 1. The quantitative estimate of drug-likeness (QED) is 0.329. The van der Waals surface area contributed by atoms with Crippen LogP contribution in [0.15, 0.2) is 78.9 Å². The third-order valence-electron chi connectivity index (χ3n) is 3.87. The van der Waals surface area contributed by atoms with Gasteiger partial charge in [0.2, 0.25) is 0 Å². The lowest BCUT2D eigenvalue weighted by Gasteiger charge is -2.11. The van der Waals surface area contributed by atoms with E-state index in [0.717, 1.165) is 11.1 Å². The summed E-state index contributed by atoms with van der Waals surface area (Å²) in [5.74, 6) is 0.493. The molecule has 0 unspecified atom stereocenters. The molecule has 0 N–H and O–H groups in total. The molecule has 28 heavy (non-hydrogen) atoms. The van der Waals surface area contributed by atoms with Crippen LogP contribution in [-0.2, 0) is 11.4 Å². The molecule has 4 nitrogen and oxygen atoms in total. The summed E-state index contributed by atoms with van der Waals surface area (Å²) in [4.78, 5) is 11.9. The van der Waals surface area contributed by atoms with Gasteiger partial charge in [0, 0.05) is 6.08 Å². The summed E-state index contributed by atoms with van der Waals surface area (Å²) in [5, 5.41) is 0. The molecule has 0 spiro atoms. The highest BCUT2D eigenvalue weighted by atomic mass is 19.1. The molecule has 0 saturated heterocycles. The first kappa shape index (κ1) is 19.2. The highest BCUT2D eigenvalue weighted by Crippen LogP contribution is 2.29. The minimum Gasteiger partial charge on any atom is -0.493 e. The van der Waals surface area contributed by atoms with Gasteiger partial charge in [-0.15, -0.1) is 0 Å². The van der Waals surface area contributed by atoms with Gasteiger partial charge in [0.15, 0.2) is 11.5 Å². The molecule has 0 radical (unpaired) electrons. The lowest BCUT2D eigenvalue weighted by molar-refractivity contribution is -0.128. The van der Waals surface area contributed by atoms with Crippen LogP contribution < -0.4 is 14.2 Å². The Balaban J connectivity index is 1.63. The second-order valence-electron chi connectivity index (χ2n) is 5.89. The Morgan fingerprint density at radius 3 is 2.43 bits per heavy atom. The van der Waals surface area contributed by atoms with Gasteiger partial charge in [-0.1, -0.05) is 36.4 Å². The number of benzene rings is 3. The van der Waals surface area contributed by atoms with Gasteiger partial charge in [0.25, 0.3) is 0 Å². The molecule has 0 heterocycles. The summed E-state index contributed by atoms with van der Waals surface area (Å²) in [6, 6.07) is 20.4. The molecule has 0 aliphatic heterocycles. The molecular weight excluding hydrogens is 359 g/mol. The van der Waals surface area contributed by atoms with Crippen molar-refractivity contribution in [1.82, 2.24) is 0 Å². The van der Waals surface area contributed by atoms with E-state index in [4.69, 9.17) is 14.2 Å². The van der Waals surface area contributed by atoms with Crippen LogP contribution in [0.5, 0.6) is 17.2 Å². The van der Waals surface area contributed by atoms with E-state index in [-0.39, 0.29) is 5.75 Å². The molecule has 0 aliphatic rings. The Morgan fingerprint density at radius 2 is 1.71 bits per heavy atom. The van der Waals surface area contributed by atoms with Crippen molar-refractivity contribution >= 4 is 12.0 Å². The molecule has 0 atom stereocenters. The zero-order chi connectivity index (χ0) is 19.8. The minimum atomic E-state index is -0.560. The first-order valence-electron chi connectivity index (χ1n) is 8.64. The molecule has 5 heteroatoms. The molecule has 3 rings (SSSR count). The Kier molecular flexibility index (Phi) is 6.41. The maximum absolute atomic E-state index is 12.9. The van der Waals surface area contributed by atoms with E-state index >= 15 is 0 Å². The molecule has 0 aliphatic carbocycles. The Morgan fingerprint density at radius 1 is 0.964 bits per heavy atom. The van der Waals surface area contributed by atoms with Crippen LogP contribution >= 0.6 is 0 Å². The molecule has 0 aromatic heterocycles. The predicted octanol–water partition coefficient (Wildman–Crippen LogP) is 5.03. The van der Waals surface area contributed by atoms with Gasteiger partial charge in [-0.05, 0) is 53.6 Å². The van der Waals surface area contributed by atoms with Crippen molar-refractivity contribution in [2.75, 3.05) is 7.11 Å². The number of ether oxygens (including phenoxy) is 3. The van der Waals surface area contributed by atoms with Crippen molar-refractivity contribution in [1.29, 1.82) is 0 Å². The smallest absolute Gasteiger partial charge is 0.336 e. The van der Waals surface area contributed by atoms with Crippen LogP contribution in [0.3, 0.4) is 0 Å². The summed E-state index contributed by atoms with van der Waals surface area (Å²) in [6.45, 7) is 0.427. The van der Waals surface area contributed by atoms with E-state index in [0.29, 0.717) is 18.1 Å². The predicted molar refractivity (Wildman–Crippen MR) is 105 cm³/mol. The summed E-state index contributed by atoms with van der Waals surface area (Å²) < 4.78 is 29.2. The summed E-state index contributed by atoms with van der Waals surface area (Å²) in [5.41, 5.74) is 1.80. The SMILES string of the molecule is COc1cc(/C=C/C(=O)Oc2ccc(F)cc2)ccc1OCc1ccccc1. The number of halogens is 1. The summed E-state index contributed by atoms with van der Waals surface area (Å²) >= 11 is 0. The molecule has 0 saturated carbocycles. The monoisotopic (exact) mass is 378 g/mol. The molecule has 0 amide bonds. The van der Waals surface area contributed by atoms with Crippen LogP contribution in [-0.4, -0.2) is 13.1 Å². The normalized spacial score (nSPS) is 10.6. The van der Waals surface area contributed by atoms with E-state index in [2.05, 4.69) is 0 Å². The maximum atomic E-state index is 12.9. The Labute approximate surface area is 162 Å². The van der Waals surface area contributed by atoms with Gasteiger partial charge in [-0.25, -0.2) is 9.18 Å². The Bertz CT molecular complexity index is 950. The van der Waals surface area contributed by atoms with E-state index in [1.165, 1.54) is 30.3 Å². The molecule has 3 aromatic carbocycles. The van der Waals surface area contributed by atoms with Crippen LogP contribution in [0, 0.1) is 5.82 Å². The van der Waals surface area contributed by atoms with Gasteiger partial charge in [-0.3, -0.25) is 0 Å². The molecule has 142 valence electrons. The van der Waals surface area contributed by atoms with E-state index < -0.39 is 11.8 Å². The van der Waals surface area contributed by atoms with E-state index in [1.807, 2.05) is 36.4 Å². The molecular formula is C23H19FO4. The van der Waals surface area contributed by atoms with Crippen LogP contribution in [0.4, 0.5) is 4.39 Å². The third kappa shape index (κ3) is 5.45. The lowest BCUT2D eigenvalue weighted by Crippen LogP contribution is -2.03. The highest BCUT2D eigenvalue weighted by molar-refractivity contribution is 5.88. The van der Waals surface area contributed by atoms with Crippen molar-refractivity contribution in [2.45, 2.75) is 6.61 Å². The van der Waals surface area contributed by atoms with E-state index in [9.17, 15) is 9.18 Å². The fourth-order valence-electron chi connectivity index (χ4n) is 2.46. The van der Waals surface area contributed by atoms with Gasteiger partial charge in [0.05, 0.1) is 7.11 Å². The van der Waals surface area contributed by atoms with Crippen LogP contribution in [0.1, 0.15) is 11.1 Å². The highest BCUT2D eigenvalue weighted by Gasteiger charge is 2.06. The van der Waals surface area contributed by atoms with Crippen LogP contribution in [0.25, 0.3) is 6.08 Å². The topological polar surface area (TPSA) is 44.8 Å². The summed E-state index contributed by atoms with van der Waals surface area (Å²) in [7, 11) is 1.56. The summed E-state index contributed by atoms with van der Waals surface area (Å²) in [6.07, 6.45) is 2.90. The van der Waals surface area contributed by atoms with E-state index in [1.54, 1.807) is 25.3 Å². The largest absolute Gasteiger partial charge is 0.493 e. The number of esters is 1. The lowest BCUT2D eigenvalue weighted by atomic mass is 10.2. The van der Waals surface area contributed by atoms with Crippen molar-refractivity contribution in [3.8, 4) is 17.2 Å². The second-order valence-corrected chi connectivity index (χ2v) is 5.89. The molecule has 0 bridgehead atoms. The van der Waals surface area contributed by atoms with Gasteiger partial charge in [-0.2, -0.15) is 0 Å². The standard InChI is InChI=1S/C23H19FO4/c1-26-22-15-17(7-13-21(22)27-16-18-5-3-2-4-6-18)8-14-23(25)28-20-11-9-19(24)10-12-20/h2-15H,16H2,1H3/b14-8+. The zero-order valence-electron chi connectivity index (χ0n) is 15.3. The first-order chi connectivity index (χ1) is 13.6. The zero-order valence-corrected chi connectivity index (χ0v) is 15.3. The third-order valence-corrected chi connectivity index (χ3v) is 3.87. The van der Waals surface area contributed by atoms with Gasteiger partial charge in [0.1, 0.15) is 18.2 Å². The maximum Gasteiger partial charge on any atom is 0.336 e. The van der Waals surface area contributed by atoms with Crippen molar-refractivity contribution < 1.29 is 23.4 Å². The number of rotatable bonds is 7. The van der Waals surface area contributed by atoms with Gasteiger partial charge >= 0.3 is 5.97 Å². The number of methoxy groups -OCH3 is 1. The Hall–Kier alpha value is -3.60. The average Bonchev–Trinajstić information content (AvgIpc) is 2.73. The fourth-order valence-corrected chi connectivity index (χ4v) is 2.46. The van der Waals surface area contributed by atoms with Crippen molar-refractivity contribution in [3.05, 3.63) is 95.8 Å². The fraction of sp³-hybridized carbons (Fsp3) is 0.0870. The molecule has 0 fully saturated rings. The average molecular weight is 378 g/mol. The first-order valence-corrected chi connectivity index (χ1v) is 8.64. The van der Waals surface area contributed by atoms with Crippen molar-refractivity contribution in [3.63, 3.8) is 0 Å². The minimum absolute atomic E-state index is 0.276. The molecule has 3 aromatic rings. The number of hydrogen-bond donors (Lipinski definition) is 0. The second kappa shape index (κ2) is 9.37. The number of hydrogen-bond acceptors (Lipinski definition) is 4. The van der Waals surface area contributed by atoms with Crippen LogP contribution in [0.2, 0.25) is 0 Å². The van der Waals surface area contributed by atoms with Gasteiger partial charge < -0.3 is 14.2 Å². The number of carbonyl (C=O) groups excluding carboxylic acids is 1. The van der Waals surface area contributed by atoms with Crippen molar-refractivity contribution in [2.24, 2.45) is 0 Å².